The number of ketones is 1. The number of hydrazine groups is 1. The molecule has 0 spiro atoms. The van der Waals surface area contributed by atoms with E-state index in [0.29, 0.717) is 12.2 Å². The molecule has 0 aromatic heterocycles. The van der Waals surface area contributed by atoms with Gasteiger partial charge in [0.05, 0.1) is 0 Å². The zero-order chi connectivity index (χ0) is 16.3. The average molecular weight is 319 g/mol. The first-order valence-corrected chi connectivity index (χ1v) is 9.53. The van der Waals surface area contributed by atoms with E-state index in [4.69, 9.17) is 0 Å². The average Bonchev–Trinajstić information content (AvgIpc) is 2.52. The summed E-state index contributed by atoms with van der Waals surface area (Å²) in [6, 6.07) is 0. The van der Waals surface area contributed by atoms with Crippen LogP contribution in [0.5, 0.6) is 0 Å². The van der Waals surface area contributed by atoms with Crippen LogP contribution >= 0.6 is 0 Å². The summed E-state index contributed by atoms with van der Waals surface area (Å²) in [7, 11) is 0. The second kappa shape index (κ2) is 7.35. The molecule has 2 heterocycles. The van der Waals surface area contributed by atoms with Gasteiger partial charge in [0.1, 0.15) is 0 Å². The molecule has 0 aromatic rings. The normalized spacial score (nSPS) is 27.3. The van der Waals surface area contributed by atoms with Crippen LogP contribution < -0.4 is 5.43 Å². The van der Waals surface area contributed by atoms with Crippen LogP contribution in [0, 0.1) is 5.41 Å². The van der Waals surface area contributed by atoms with Gasteiger partial charge in [-0.25, -0.2) is 5.01 Å². The van der Waals surface area contributed by atoms with E-state index >= 15 is 0 Å². The summed E-state index contributed by atoms with van der Waals surface area (Å²) in [5, 5.41) is 2.34. The first kappa shape index (κ1) is 17.0. The summed E-state index contributed by atoms with van der Waals surface area (Å²) in [5.74, 6) is 0.367. The van der Waals surface area contributed by atoms with Crippen LogP contribution in [0.15, 0.2) is 11.3 Å². The quantitative estimate of drug-likeness (QED) is 0.864. The molecule has 3 rings (SSSR count). The molecule has 0 unspecified atom stereocenters. The van der Waals surface area contributed by atoms with Gasteiger partial charge in [0.25, 0.3) is 0 Å². The van der Waals surface area contributed by atoms with Crippen molar-refractivity contribution < 1.29 is 4.79 Å². The van der Waals surface area contributed by atoms with Gasteiger partial charge in [0, 0.05) is 37.3 Å². The number of carbonyl (C=O) groups excluding carboxylic acids is 1. The molecule has 0 radical (unpaired) electrons. The maximum Gasteiger partial charge on any atom is 0.162 e. The van der Waals surface area contributed by atoms with Crippen LogP contribution in [0.25, 0.3) is 0 Å². The molecule has 0 saturated carbocycles. The number of nitrogens with zero attached hydrogens (tertiary/aromatic N) is 2. The lowest BCUT2D eigenvalue weighted by molar-refractivity contribution is -0.118. The highest BCUT2D eigenvalue weighted by molar-refractivity contribution is 5.97. The third-order valence-corrected chi connectivity index (χ3v) is 5.47. The van der Waals surface area contributed by atoms with Crippen LogP contribution in [-0.2, 0) is 4.79 Å². The van der Waals surface area contributed by atoms with Crippen molar-refractivity contribution in [2.75, 3.05) is 32.7 Å². The SMILES string of the molecule is CC1(C)CC(=O)C(CN2CCCCC2)=C(NN2CCCCC2)C1. The maximum absolute atomic E-state index is 12.8. The Hall–Kier alpha value is -0.870. The van der Waals surface area contributed by atoms with Gasteiger partial charge in [-0.3, -0.25) is 9.69 Å². The van der Waals surface area contributed by atoms with E-state index in [0.717, 1.165) is 44.7 Å². The predicted octanol–water partition coefficient (Wildman–Crippen LogP) is 3.11. The predicted molar refractivity (Wildman–Crippen MR) is 93.9 cm³/mol. The maximum atomic E-state index is 12.8. The number of carbonyl (C=O) groups is 1. The Labute approximate surface area is 141 Å². The van der Waals surface area contributed by atoms with E-state index in [2.05, 4.69) is 29.2 Å². The number of Topliss-reactive ketones (excluding diaryl/α,β-unsaturated/α-hetero) is 1. The molecule has 0 bridgehead atoms. The first-order valence-electron chi connectivity index (χ1n) is 9.53. The molecule has 1 aliphatic carbocycles. The molecule has 1 N–H and O–H groups in total. The Kier molecular flexibility index (Phi) is 5.42. The second-order valence-corrected chi connectivity index (χ2v) is 8.39. The topological polar surface area (TPSA) is 35.6 Å². The zero-order valence-electron chi connectivity index (χ0n) is 15.0. The molecule has 0 aromatic carbocycles. The summed E-state index contributed by atoms with van der Waals surface area (Å²) in [5.41, 5.74) is 6.01. The van der Waals surface area contributed by atoms with E-state index in [-0.39, 0.29) is 5.41 Å². The molecular formula is C19H33N3O. The van der Waals surface area contributed by atoms with Crippen molar-refractivity contribution in [3.05, 3.63) is 11.3 Å². The van der Waals surface area contributed by atoms with Gasteiger partial charge in [-0.2, -0.15) is 0 Å². The molecule has 0 atom stereocenters. The fraction of sp³-hybridized carbons (Fsp3) is 0.842. The minimum Gasteiger partial charge on any atom is -0.323 e. The Morgan fingerprint density at radius 1 is 0.913 bits per heavy atom. The monoisotopic (exact) mass is 319 g/mol. The van der Waals surface area contributed by atoms with Crippen molar-refractivity contribution in [1.82, 2.24) is 15.3 Å². The van der Waals surface area contributed by atoms with Gasteiger partial charge in [-0.1, -0.05) is 26.7 Å². The fourth-order valence-electron chi connectivity index (χ4n) is 4.19. The number of likely N-dealkylation sites (tertiary alicyclic amines) is 1. The van der Waals surface area contributed by atoms with E-state index in [9.17, 15) is 4.79 Å². The van der Waals surface area contributed by atoms with Crippen molar-refractivity contribution in [3.63, 3.8) is 0 Å². The molecule has 23 heavy (non-hydrogen) atoms. The Bertz CT molecular complexity index is 457. The van der Waals surface area contributed by atoms with Gasteiger partial charge in [-0.05, 0) is 50.6 Å². The van der Waals surface area contributed by atoms with Gasteiger partial charge >= 0.3 is 0 Å². The lowest BCUT2D eigenvalue weighted by atomic mass is 9.75. The third-order valence-electron chi connectivity index (χ3n) is 5.47. The molecule has 130 valence electrons. The highest BCUT2D eigenvalue weighted by Crippen LogP contribution is 2.36. The highest BCUT2D eigenvalue weighted by Gasteiger charge is 2.34. The van der Waals surface area contributed by atoms with Crippen LogP contribution in [-0.4, -0.2) is 48.4 Å². The minimum atomic E-state index is 0.0839. The van der Waals surface area contributed by atoms with Crippen molar-refractivity contribution in [2.45, 2.75) is 65.2 Å². The standard InChI is InChI=1S/C19H33N3O/c1-19(2)13-17(20-22-11-7-4-8-12-22)16(18(23)14-19)15-21-9-5-3-6-10-21/h20H,3-15H2,1-2H3. The van der Waals surface area contributed by atoms with Crippen LogP contribution in [0.4, 0.5) is 0 Å². The summed E-state index contributed by atoms with van der Waals surface area (Å²) in [6.45, 7) is 9.81. The summed E-state index contributed by atoms with van der Waals surface area (Å²) in [4.78, 5) is 15.3. The fourth-order valence-corrected chi connectivity index (χ4v) is 4.19. The van der Waals surface area contributed by atoms with Gasteiger partial charge in [-0.15, -0.1) is 0 Å². The minimum absolute atomic E-state index is 0.0839. The third kappa shape index (κ3) is 4.57. The van der Waals surface area contributed by atoms with Crippen LogP contribution in [0.2, 0.25) is 0 Å². The molecule has 2 saturated heterocycles. The van der Waals surface area contributed by atoms with Gasteiger partial charge in [0.2, 0.25) is 0 Å². The smallest absolute Gasteiger partial charge is 0.162 e. The van der Waals surface area contributed by atoms with Gasteiger partial charge < -0.3 is 5.43 Å². The molecule has 4 nitrogen and oxygen atoms in total. The Morgan fingerprint density at radius 2 is 1.52 bits per heavy atom. The number of piperidine rings is 2. The van der Waals surface area contributed by atoms with E-state index in [1.165, 1.54) is 44.2 Å². The highest BCUT2D eigenvalue weighted by atomic mass is 16.1. The number of rotatable bonds is 4. The van der Waals surface area contributed by atoms with E-state index in [1.807, 2.05) is 0 Å². The molecular weight excluding hydrogens is 286 g/mol. The number of nitrogens with one attached hydrogen (secondary N) is 1. The van der Waals surface area contributed by atoms with Crippen molar-refractivity contribution in [3.8, 4) is 0 Å². The number of hydrogen-bond acceptors (Lipinski definition) is 4. The Morgan fingerprint density at radius 3 is 2.17 bits per heavy atom. The number of hydrogen-bond donors (Lipinski definition) is 1. The van der Waals surface area contributed by atoms with Crippen LogP contribution in [0.3, 0.4) is 0 Å². The van der Waals surface area contributed by atoms with E-state index in [1.54, 1.807) is 0 Å². The lowest BCUT2D eigenvalue weighted by Crippen LogP contribution is -2.45. The number of allylic oxidation sites excluding steroid dienone is 1. The van der Waals surface area contributed by atoms with Crippen molar-refractivity contribution in [2.24, 2.45) is 5.41 Å². The molecule has 2 aliphatic heterocycles. The van der Waals surface area contributed by atoms with Gasteiger partial charge in [0.15, 0.2) is 5.78 Å². The van der Waals surface area contributed by atoms with Crippen molar-refractivity contribution in [1.29, 1.82) is 0 Å². The summed E-state index contributed by atoms with van der Waals surface area (Å²) in [6.07, 6.45) is 9.46. The zero-order valence-corrected chi connectivity index (χ0v) is 15.0. The van der Waals surface area contributed by atoms with Crippen LogP contribution in [0.1, 0.15) is 65.2 Å². The first-order chi connectivity index (χ1) is 11.0. The summed E-state index contributed by atoms with van der Waals surface area (Å²) < 4.78 is 0. The second-order valence-electron chi connectivity index (χ2n) is 8.39. The van der Waals surface area contributed by atoms with E-state index < -0.39 is 0 Å². The molecule has 4 heteroatoms. The summed E-state index contributed by atoms with van der Waals surface area (Å²) >= 11 is 0. The molecule has 3 aliphatic rings. The molecule has 0 amide bonds. The lowest BCUT2D eigenvalue weighted by Gasteiger charge is -2.38. The largest absolute Gasteiger partial charge is 0.323 e. The van der Waals surface area contributed by atoms with Crippen molar-refractivity contribution >= 4 is 5.78 Å². The molecule has 2 fully saturated rings. The Balaban J connectivity index is 1.75.